The minimum absolute atomic E-state index is 0.0631. The Balaban J connectivity index is 0.000000587. The van der Waals surface area contributed by atoms with E-state index in [-0.39, 0.29) is 16.1 Å². The van der Waals surface area contributed by atoms with Crippen LogP contribution in [0.25, 0.3) is 0 Å². The lowest BCUT2D eigenvalue weighted by atomic mass is 9.97. The molecule has 1 unspecified atom stereocenters. The summed E-state index contributed by atoms with van der Waals surface area (Å²) in [5, 5.41) is 16.6. The molecular weight excluding hydrogens is 569 g/mol. The van der Waals surface area contributed by atoms with Crippen molar-refractivity contribution in [2.75, 3.05) is 49.0 Å². The van der Waals surface area contributed by atoms with Crippen molar-refractivity contribution in [3.63, 3.8) is 0 Å². The van der Waals surface area contributed by atoms with Crippen LogP contribution in [-0.4, -0.2) is 86.0 Å². The smallest absolute Gasteiger partial charge is 0.490 e. The molecule has 1 atom stereocenters. The van der Waals surface area contributed by atoms with Gasteiger partial charge in [0, 0.05) is 25.8 Å². The van der Waals surface area contributed by atoms with Gasteiger partial charge in [0.05, 0.1) is 22.8 Å². The second-order valence-electron chi connectivity index (χ2n) is 9.68. The first-order valence-electron chi connectivity index (χ1n) is 13.1. The first kappa shape index (κ1) is 31.9. The maximum absolute atomic E-state index is 13.1. The number of ether oxygens (including phenoxy) is 1. The molecule has 0 radical (unpaired) electrons. The summed E-state index contributed by atoms with van der Waals surface area (Å²) in [5.74, 6) is -2.42. The average Bonchev–Trinajstić information content (AvgIpc) is 3.42. The Morgan fingerprint density at radius 3 is 2.29 bits per heavy atom. The summed E-state index contributed by atoms with van der Waals surface area (Å²) in [4.78, 5) is 29.5. The molecule has 11 nitrogen and oxygen atoms in total. The fourth-order valence-electron chi connectivity index (χ4n) is 4.72. The lowest BCUT2D eigenvalue weighted by molar-refractivity contribution is -0.192. The number of sulfonamides is 1. The van der Waals surface area contributed by atoms with Crippen molar-refractivity contribution in [2.24, 2.45) is 5.92 Å². The number of nitrogens with zero attached hydrogens (tertiary/aromatic N) is 3. The second kappa shape index (κ2) is 13.9. The van der Waals surface area contributed by atoms with Crippen LogP contribution in [0.5, 0.6) is 5.75 Å². The molecule has 1 aromatic carbocycles. The first-order valence-corrected chi connectivity index (χ1v) is 14.5. The number of aromatic nitrogens is 1. The molecule has 2 fully saturated rings. The highest BCUT2D eigenvalue weighted by Crippen LogP contribution is 2.31. The van der Waals surface area contributed by atoms with Gasteiger partial charge in [-0.05, 0) is 81.9 Å². The van der Waals surface area contributed by atoms with Gasteiger partial charge in [0.15, 0.2) is 5.82 Å². The lowest BCUT2D eigenvalue weighted by Crippen LogP contribution is -2.41. The van der Waals surface area contributed by atoms with Gasteiger partial charge in [0.25, 0.3) is 10.0 Å². The van der Waals surface area contributed by atoms with Gasteiger partial charge < -0.3 is 24.7 Å². The number of carboxylic acids is 2. The maximum atomic E-state index is 13.1. The van der Waals surface area contributed by atoms with E-state index in [1.54, 1.807) is 12.1 Å². The average molecular weight is 603 g/mol. The summed E-state index contributed by atoms with van der Waals surface area (Å²) in [7, 11) is -3.95. The molecule has 0 saturated carbocycles. The fourth-order valence-corrected chi connectivity index (χ4v) is 5.78. The minimum atomic E-state index is -5.08. The zero-order valence-electron chi connectivity index (χ0n) is 22.4. The fraction of sp³-hybridized carbons (Fsp3) is 0.500. The van der Waals surface area contributed by atoms with Crippen LogP contribution < -0.4 is 14.4 Å². The van der Waals surface area contributed by atoms with Gasteiger partial charge >= 0.3 is 18.1 Å². The molecule has 2 saturated heterocycles. The van der Waals surface area contributed by atoms with Crippen molar-refractivity contribution in [1.29, 1.82) is 0 Å². The Morgan fingerprint density at radius 1 is 1.10 bits per heavy atom. The van der Waals surface area contributed by atoms with E-state index in [2.05, 4.69) is 19.5 Å². The molecule has 0 bridgehead atoms. The number of halogens is 3. The molecular formula is C26H33F3N4O7S. The first-order chi connectivity index (χ1) is 19.3. The number of carbonyl (C=O) groups is 2. The predicted molar refractivity (Wildman–Crippen MR) is 144 cm³/mol. The quantitative estimate of drug-likeness (QED) is 0.385. The van der Waals surface area contributed by atoms with Crippen LogP contribution >= 0.6 is 0 Å². The van der Waals surface area contributed by atoms with Crippen molar-refractivity contribution >= 4 is 33.5 Å². The van der Waals surface area contributed by atoms with Crippen LogP contribution in [0.3, 0.4) is 0 Å². The summed E-state index contributed by atoms with van der Waals surface area (Å²) in [6.07, 6.45) is 0.786. The molecule has 0 aliphatic carbocycles. The molecule has 41 heavy (non-hydrogen) atoms. The highest BCUT2D eigenvalue weighted by Gasteiger charge is 2.38. The molecule has 2 aliphatic heterocycles. The Hall–Kier alpha value is -3.59. The normalized spacial score (nSPS) is 17.9. The van der Waals surface area contributed by atoms with E-state index < -0.39 is 28.1 Å². The van der Waals surface area contributed by atoms with Gasteiger partial charge in [-0.1, -0.05) is 0 Å². The Morgan fingerprint density at radius 2 is 1.73 bits per heavy atom. The Bertz CT molecular complexity index is 1300. The lowest BCUT2D eigenvalue weighted by Gasteiger charge is -2.36. The number of likely N-dealkylation sites (tertiary alicyclic amines) is 1. The number of nitrogens with one attached hydrogen (secondary N) is 1. The zero-order valence-corrected chi connectivity index (χ0v) is 23.2. The summed E-state index contributed by atoms with van der Waals surface area (Å²) >= 11 is 0. The van der Waals surface area contributed by atoms with Crippen molar-refractivity contribution < 1.29 is 46.1 Å². The predicted octanol–water partition coefficient (Wildman–Crippen LogP) is 3.92. The topological polar surface area (TPSA) is 149 Å². The largest absolute Gasteiger partial charge is 0.494 e. The molecule has 2 aromatic rings. The molecule has 1 aromatic heterocycles. The van der Waals surface area contributed by atoms with Crippen molar-refractivity contribution in [3.8, 4) is 5.75 Å². The summed E-state index contributed by atoms with van der Waals surface area (Å²) in [5.41, 5.74) is 0.106. The number of aliphatic carboxylic acids is 1. The van der Waals surface area contributed by atoms with E-state index in [0.717, 1.165) is 45.6 Å². The van der Waals surface area contributed by atoms with Gasteiger partial charge in [-0.15, -0.1) is 0 Å². The van der Waals surface area contributed by atoms with E-state index in [9.17, 15) is 31.5 Å². The number of aromatic carboxylic acids is 1. The highest BCUT2D eigenvalue weighted by atomic mass is 32.2. The van der Waals surface area contributed by atoms with E-state index in [1.165, 1.54) is 37.2 Å². The number of hydrogen-bond donors (Lipinski definition) is 3. The van der Waals surface area contributed by atoms with E-state index in [0.29, 0.717) is 24.1 Å². The molecule has 4 rings (SSSR count). The van der Waals surface area contributed by atoms with E-state index >= 15 is 0 Å². The molecule has 226 valence electrons. The van der Waals surface area contributed by atoms with Gasteiger partial charge in [-0.3, -0.25) is 4.72 Å². The number of piperidine rings is 1. The van der Waals surface area contributed by atoms with Gasteiger partial charge in [-0.25, -0.2) is 23.0 Å². The van der Waals surface area contributed by atoms with Gasteiger partial charge in [0.2, 0.25) is 0 Å². The molecule has 3 heterocycles. The molecule has 0 spiro atoms. The van der Waals surface area contributed by atoms with E-state index in [1.807, 2.05) is 6.92 Å². The highest BCUT2D eigenvalue weighted by molar-refractivity contribution is 7.92. The molecule has 2 aliphatic rings. The van der Waals surface area contributed by atoms with Crippen LogP contribution in [0.4, 0.5) is 24.7 Å². The van der Waals surface area contributed by atoms with Crippen molar-refractivity contribution in [3.05, 3.63) is 42.1 Å². The Labute approximate surface area is 236 Å². The number of pyridine rings is 1. The van der Waals surface area contributed by atoms with Crippen molar-refractivity contribution in [2.45, 2.75) is 43.7 Å². The third-order valence-electron chi connectivity index (χ3n) is 6.58. The number of rotatable bonds is 9. The SMILES string of the molecule is CCOc1ccc(S(=O)(=O)Nc2cc(C(=O)O)cnc2N2CCCC(CN3CCCC3)C2)cc1.O=C(O)C(F)(F)F. The number of benzene rings is 1. The number of alkyl halides is 3. The van der Waals surface area contributed by atoms with Crippen LogP contribution in [0.15, 0.2) is 41.4 Å². The Kier molecular flexibility index (Phi) is 10.8. The number of anilines is 2. The summed E-state index contributed by atoms with van der Waals surface area (Å²) in [6, 6.07) is 7.47. The molecule has 15 heteroatoms. The third-order valence-corrected chi connectivity index (χ3v) is 7.96. The van der Waals surface area contributed by atoms with E-state index in [4.69, 9.17) is 14.6 Å². The van der Waals surface area contributed by atoms with Gasteiger partial charge in [-0.2, -0.15) is 13.2 Å². The van der Waals surface area contributed by atoms with Crippen LogP contribution in [0.2, 0.25) is 0 Å². The van der Waals surface area contributed by atoms with Crippen molar-refractivity contribution in [1.82, 2.24) is 9.88 Å². The third kappa shape index (κ3) is 9.21. The van der Waals surface area contributed by atoms with Crippen LogP contribution in [0.1, 0.15) is 43.0 Å². The minimum Gasteiger partial charge on any atom is -0.494 e. The van der Waals surface area contributed by atoms with Crippen LogP contribution in [-0.2, 0) is 14.8 Å². The molecule has 3 N–H and O–H groups in total. The summed E-state index contributed by atoms with van der Waals surface area (Å²) < 4.78 is 66.0. The van der Waals surface area contributed by atoms with Crippen LogP contribution in [0, 0.1) is 5.92 Å². The van der Waals surface area contributed by atoms with Gasteiger partial charge in [0.1, 0.15) is 5.75 Å². The molecule has 0 amide bonds. The standard InChI is InChI=1S/C24H32N4O5S.C2HF3O2/c1-2-33-20-7-9-21(10-8-20)34(31,32)26-22-14-19(24(29)30)15-25-23(22)28-13-5-6-18(17-28)16-27-11-3-4-12-27;3-2(4,5)1(6)7/h7-10,14-15,18,26H,2-6,11-13,16-17H2,1H3,(H,29,30);(H,6,7). The number of hydrogen-bond acceptors (Lipinski definition) is 8. The summed E-state index contributed by atoms with van der Waals surface area (Å²) in [6.45, 7) is 7.13. The second-order valence-corrected chi connectivity index (χ2v) is 11.4. The zero-order chi connectivity index (χ0) is 30.2. The number of carboxylic acid groups (broad SMARTS) is 2. The maximum Gasteiger partial charge on any atom is 0.490 e. The monoisotopic (exact) mass is 602 g/mol.